The molecule has 0 aliphatic carbocycles. The number of carbonyl (C=O) groups excluding carboxylic acids is 1. The lowest BCUT2D eigenvalue weighted by molar-refractivity contribution is -0.137. The van der Waals surface area contributed by atoms with E-state index in [0.29, 0.717) is 29.7 Å². The zero-order chi connectivity index (χ0) is 22.9. The second-order valence-electron chi connectivity index (χ2n) is 8.22. The fraction of sp³-hybridized carbons (Fsp3) is 0.280. The minimum Gasteiger partial charge on any atom is -0.481 e. The molecule has 4 rings (SSSR count). The molecule has 0 bridgehead atoms. The number of carboxylic acids is 1. The molecule has 0 amide bonds. The van der Waals surface area contributed by atoms with Crippen LogP contribution in [0.2, 0.25) is 0 Å². The van der Waals surface area contributed by atoms with E-state index in [1.165, 1.54) is 18.3 Å². The summed E-state index contributed by atoms with van der Waals surface area (Å²) < 4.78 is 24.6. The highest BCUT2D eigenvalue weighted by molar-refractivity contribution is 7.92. The van der Waals surface area contributed by atoms with Crippen molar-refractivity contribution in [3.8, 4) is 21.6 Å². The highest BCUT2D eigenvalue weighted by Crippen LogP contribution is 2.47. The zero-order valence-electron chi connectivity index (χ0n) is 17.7. The standard InChI is InChI=1S/C25H24O5S2/c1-17(26)18-4-6-19(7-5-18)20-8-10-21(11-9-20)22-12-13-23(31-22)25(16-24(27)28)14-2-3-15-32(25,29)30/h4-13H,2-3,14-16H2,1H3,(H,27,28)/t25-/m0/s1. The average Bonchev–Trinajstić information content (AvgIpc) is 3.26. The Morgan fingerprint density at radius 1 is 0.906 bits per heavy atom. The highest BCUT2D eigenvalue weighted by atomic mass is 32.2. The van der Waals surface area contributed by atoms with Gasteiger partial charge in [0.1, 0.15) is 4.75 Å². The van der Waals surface area contributed by atoms with Crippen LogP contribution in [0.4, 0.5) is 0 Å². The van der Waals surface area contributed by atoms with Gasteiger partial charge in [0.25, 0.3) is 0 Å². The molecule has 32 heavy (non-hydrogen) atoms. The molecule has 0 spiro atoms. The predicted octanol–water partition coefficient (Wildman–Crippen LogP) is 5.55. The van der Waals surface area contributed by atoms with Gasteiger partial charge in [-0.3, -0.25) is 9.59 Å². The predicted molar refractivity (Wildman–Crippen MR) is 127 cm³/mol. The molecular weight excluding hydrogens is 444 g/mol. The van der Waals surface area contributed by atoms with Gasteiger partial charge in [0, 0.05) is 15.3 Å². The summed E-state index contributed by atoms with van der Waals surface area (Å²) >= 11 is 1.36. The molecule has 0 unspecified atom stereocenters. The molecule has 0 saturated carbocycles. The molecule has 2 heterocycles. The first-order chi connectivity index (χ1) is 15.2. The van der Waals surface area contributed by atoms with Gasteiger partial charge < -0.3 is 5.11 Å². The van der Waals surface area contributed by atoms with Gasteiger partial charge in [-0.1, -0.05) is 55.0 Å². The van der Waals surface area contributed by atoms with Crippen molar-refractivity contribution in [1.29, 1.82) is 0 Å². The van der Waals surface area contributed by atoms with Crippen LogP contribution >= 0.6 is 11.3 Å². The molecule has 7 heteroatoms. The lowest BCUT2D eigenvalue weighted by Crippen LogP contribution is -2.41. The van der Waals surface area contributed by atoms with Crippen molar-refractivity contribution in [2.45, 2.75) is 37.4 Å². The van der Waals surface area contributed by atoms with Crippen LogP contribution in [0.15, 0.2) is 60.7 Å². The lowest BCUT2D eigenvalue weighted by atomic mass is 9.95. The van der Waals surface area contributed by atoms with Crippen LogP contribution in [0.3, 0.4) is 0 Å². The first kappa shape index (κ1) is 22.4. The Balaban J connectivity index is 1.64. The van der Waals surface area contributed by atoms with E-state index in [2.05, 4.69) is 0 Å². The minimum atomic E-state index is -3.55. The van der Waals surface area contributed by atoms with E-state index in [0.717, 1.165) is 21.6 Å². The third-order valence-corrected chi connectivity index (χ3v) is 10.2. The Morgan fingerprint density at radius 2 is 1.50 bits per heavy atom. The van der Waals surface area contributed by atoms with E-state index in [4.69, 9.17) is 0 Å². The maximum absolute atomic E-state index is 13.0. The van der Waals surface area contributed by atoms with Gasteiger partial charge in [0.2, 0.25) is 0 Å². The molecule has 1 aromatic heterocycles. The van der Waals surface area contributed by atoms with Gasteiger partial charge in [-0.05, 0) is 48.6 Å². The SMILES string of the molecule is CC(=O)c1ccc(-c2ccc(-c3ccc([C@@]4(CC(=O)O)CCCCS4(=O)=O)s3)cc2)cc1. The summed E-state index contributed by atoms with van der Waals surface area (Å²) in [5, 5.41) is 9.46. The van der Waals surface area contributed by atoms with Crippen LogP contribution in [-0.4, -0.2) is 31.0 Å². The number of ketones is 1. The van der Waals surface area contributed by atoms with E-state index in [9.17, 15) is 23.1 Å². The van der Waals surface area contributed by atoms with Gasteiger partial charge in [0.15, 0.2) is 15.6 Å². The molecule has 1 fully saturated rings. The topological polar surface area (TPSA) is 88.5 Å². The van der Waals surface area contributed by atoms with Crippen molar-refractivity contribution in [1.82, 2.24) is 0 Å². The lowest BCUT2D eigenvalue weighted by Gasteiger charge is -2.34. The van der Waals surface area contributed by atoms with Gasteiger partial charge in [-0.25, -0.2) is 8.42 Å². The van der Waals surface area contributed by atoms with E-state index < -0.39 is 27.0 Å². The molecule has 1 saturated heterocycles. The van der Waals surface area contributed by atoms with Crippen molar-refractivity contribution in [2.75, 3.05) is 5.75 Å². The molecule has 0 radical (unpaired) electrons. The highest BCUT2D eigenvalue weighted by Gasteiger charge is 2.49. The summed E-state index contributed by atoms with van der Waals surface area (Å²) in [4.78, 5) is 24.5. The molecule has 1 aliphatic heterocycles. The third kappa shape index (κ3) is 4.14. The second kappa shape index (κ2) is 8.64. The summed E-state index contributed by atoms with van der Waals surface area (Å²) in [5.74, 6) is -1.03. The van der Waals surface area contributed by atoms with Crippen molar-refractivity contribution in [3.63, 3.8) is 0 Å². The fourth-order valence-electron chi connectivity index (χ4n) is 4.32. The third-order valence-electron chi connectivity index (χ3n) is 6.13. The molecular formula is C25H24O5S2. The maximum atomic E-state index is 13.0. The fourth-order valence-corrected chi connectivity index (χ4v) is 8.10. The zero-order valence-corrected chi connectivity index (χ0v) is 19.3. The molecule has 5 nitrogen and oxygen atoms in total. The number of rotatable bonds is 6. The first-order valence-corrected chi connectivity index (χ1v) is 12.9. The van der Waals surface area contributed by atoms with E-state index in [1.54, 1.807) is 6.07 Å². The Bertz CT molecular complexity index is 1250. The van der Waals surface area contributed by atoms with Crippen molar-refractivity contribution in [2.24, 2.45) is 0 Å². The Labute approximate surface area is 191 Å². The first-order valence-electron chi connectivity index (χ1n) is 10.5. The summed E-state index contributed by atoms with van der Waals surface area (Å²) in [7, 11) is -3.55. The van der Waals surface area contributed by atoms with E-state index in [1.807, 2.05) is 54.6 Å². The maximum Gasteiger partial charge on any atom is 0.305 e. The molecule has 1 N–H and O–H groups in total. The normalized spacial score (nSPS) is 20.0. The largest absolute Gasteiger partial charge is 0.481 e. The Hall–Kier alpha value is -2.77. The smallest absolute Gasteiger partial charge is 0.305 e. The number of Topliss-reactive ketones (excluding diaryl/α,β-unsaturated/α-hetero) is 1. The van der Waals surface area contributed by atoms with Crippen LogP contribution in [0.25, 0.3) is 21.6 Å². The summed E-state index contributed by atoms with van der Waals surface area (Å²) in [6, 6.07) is 19.0. The van der Waals surface area contributed by atoms with E-state index in [-0.39, 0.29) is 11.5 Å². The van der Waals surface area contributed by atoms with Gasteiger partial charge in [-0.2, -0.15) is 0 Å². The van der Waals surface area contributed by atoms with Crippen LogP contribution in [0, 0.1) is 0 Å². The summed E-state index contributed by atoms with van der Waals surface area (Å²) in [6.45, 7) is 1.54. The number of carbonyl (C=O) groups is 2. The second-order valence-corrected chi connectivity index (χ2v) is 11.7. The van der Waals surface area contributed by atoms with Gasteiger partial charge >= 0.3 is 5.97 Å². The van der Waals surface area contributed by atoms with Crippen molar-refractivity contribution < 1.29 is 23.1 Å². The number of thiophene rings is 1. The number of benzene rings is 2. The Morgan fingerprint density at radius 3 is 2.06 bits per heavy atom. The average molecular weight is 469 g/mol. The molecule has 1 atom stereocenters. The summed E-state index contributed by atoms with van der Waals surface area (Å²) in [5.41, 5.74) is 3.63. The molecule has 1 aliphatic rings. The quantitative estimate of drug-likeness (QED) is 0.479. The van der Waals surface area contributed by atoms with E-state index >= 15 is 0 Å². The number of sulfone groups is 1. The van der Waals surface area contributed by atoms with Crippen LogP contribution in [0.5, 0.6) is 0 Å². The molecule has 2 aromatic carbocycles. The molecule has 3 aromatic rings. The summed E-state index contributed by atoms with van der Waals surface area (Å²) in [6.07, 6.45) is 1.23. The number of hydrogen-bond acceptors (Lipinski definition) is 5. The number of aliphatic carboxylic acids is 1. The van der Waals surface area contributed by atoms with Crippen LogP contribution in [0.1, 0.15) is 47.8 Å². The van der Waals surface area contributed by atoms with Gasteiger partial charge in [0.05, 0.1) is 12.2 Å². The monoisotopic (exact) mass is 468 g/mol. The van der Waals surface area contributed by atoms with Gasteiger partial charge in [-0.15, -0.1) is 11.3 Å². The van der Waals surface area contributed by atoms with Crippen LogP contribution < -0.4 is 0 Å². The van der Waals surface area contributed by atoms with Crippen molar-refractivity contribution >= 4 is 32.9 Å². The minimum absolute atomic E-state index is 0.0287. The Kier molecular flexibility index (Phi) is 6.05. The van der Waals surface area contributed by atoms with Crippen LogP contribution in [-0.2, 0) is 19.4 Å². The van der Waals surface area contributed by atoms with Crippen molar-refractivity contribution in [3.05, 3.63) is 71.1 Å². The number of hydrogen-bond donors (Lipinski definition) is 1. The molecule has 166 valence electrons. The number of carboxylic acid groups (broad SMARTS) is 1.